The highest BCUT2D eigenvalue weighted by Gasteiger charge is 2.39. The molecule has 0 aliphatic carbocycles. The Morgan fingerprint density at radius 1 is 1.36 bits per heavy atom. The molecule has 1 N–H and O–H groups in total. The second kappa shape index (κ2) is 7.11. The molecule has 132 valence electrons. The smallest absolute Gasteiger partial charge is 0.254 e. The average Bonchev–Trinajstić information content (AvgIpc) is 3.02. The van der Waals surface area contributed by atoms with Crippen molar-refractivity contribution in [2.24, 2.45) is 0 Å². The zero-order valence-electron chi connectivity index (χ0n) is 14.4. The molecule has 1 aromatic carbocycles. The number of carbonyl (C=O) groups is 1. The molecule has 6 nitrogen and oxygen atoms in total. The SMILES string of the molecule is COc1cc(C(=O)N2CC[C@](O)(COc3cccc(C)c3)C2)ccn1. The molecule has 25 heavy (non-hydrogen) atoms. The van der Waals surface area contributed by atoms with Gasteiger partial charge in [-0.2, -0.15) is 0 Å². The second-order valence-electron chi connectivity index (χ2n) is 6.39. The van der Waals surface area contributed by atoms with Gasteiger partial charge in [-0.05, 0) is 37.1 Å². The van der Waals surface area contributed by atoms with Gasteiger partial charge in [0.25, 0.3) is 5.91 Å². The van der Waals surface area contributed by atoms with Crippen LogP contribution < -0.4 is 9.47 Å². The number of methoxy groups -OCH3 is 1. The Kier molecular flexibility index (Phi) is 4.90. The number of benzene rings is 1. The summed E-state index contributed by atoms with van der Waals surface area (Å²) < 4.78 is 10.8. The Hall–Kier alpha value is -2.60. The van der Waals surface area contributed by atoms with Crippen molar-refractivity contribution in [3.63, 3.8) is 0 Å². The lowest BCUT2D eigenvalue weighted by Crippen LogP contribution is -2.40. The number of carbonyl (C=O) groups excluding carboxylic acids is 1. The molecule has 1 aliphatic heterocycles. The molecular formula is C19H22N2O4. The Balaban J connectivity index is 1.62. The summed E-state index contributed by atoms with van der Waals surface area (Å²) in [5.41, 5.74) is 0.548. The second-order valence-corrected chi connectivity index (χ2v) is 6.39. The zero-order valence-corrected chi connectivity index (χ0v) is 14.4. The van der Waals surface area contributed by atoms with Crippen LogP contribution in [-0.4, -0.2) is 53.3 Å². The maximum absolute atomic E-state index is 12.6. The van der Waals surface area contributed by atoms with Crippen molar-refractivity contribution < 1.29 is 19.4 Å². The first-order chi connectivity index (χ1) is 12.0. The van der Waals surface area contributed by atoms with Gasteiger partial charge in [0.2, 0.25) is 5.88 Å². The van der Waals surface area contributed by atoms with Crippen molar-refractivity contribution in [3.05, 3.63) is 53.7 Å². The zero-order chi connectivity index (χ0) is 17.9. The minimum absolute atomic E-state index is 0.146. The van der Waals surface area contributed by atoms with Gasteiger partial charge in [-0.1, -0.05) is 12.1 Å². The van der Waals surface area contributed by atoms with Gasteiger partial charge in [-0.25, -0.2) is 4.98 Å². The molecule has 3 rings (SSSR count). The Morgan fingerprint density at radius 2 is 2.20 bits per heavy atom. The van der Waals surface area contributed by atoms with E-state index in [0.717, 1.165) is 11.3 Å². The van der Waals surface area contributed by atoms with Crippen LogP contribution in [0.3, 0.4) is 0 Å². The Bertz CT molecular complexity index is 765. The van der Waals surface area contributed by atoms with Crippen LogP contribution in [0.5, 0.6) is 11.6 Å². The number of ether oxygens (including phenoxy) is 2. The fourth-order valence-corrected chi connectivity index (χ4v) is 2.91. The summed E-state index contributed by atoms with van der Waals surface area (Å²) in [6.07, 6.45) is 2.02. The first-order valence-electron chi connectivity index (χ1n) is 8.20. The van der Waals surface area contributed by atoms with Crippen molar-refractivity contribution in [3.8, 4) is 11.6 Å². The monoisotopic (exact) mass is 342 g/mol. The number of nitrogens with zero attached hydrogens (tertiary/aromatic N) is 2. The molecule has 1 aromatic heterocycles. The van der Waals surface area contributed by atoms with E-state index in [1.54, 1.807) is 17.0 Å². The molecule has 0 saturated carbocycles. The minimum atomic E-state index is -1.05. The number of likely N-dealkylation sites (tertiary alicyclic amines) is 1. The number of pyridine rings is 1. The number of aromatic nitrogens is 1. The number of rotatable bonds is 5. The van der Waals surface area contributed by atoms with Crippen molar-refractivity contribution in [1.29, 1.82) is 0 Å². The summed E-state index contributed by atoms with van der Waals surface area (Å²) in [4.78, 5) is 18.2. The molecule has 1 saturated heterocycles. The summed E-state index contributed by atoms with van der Waals surface area (Å²) in [7, 11) is 1.51. The first kappa shape index (κ1) is 17.2. The summed E-state index contributed by atoms with van der Waals surface area (Å²) >= 11 is 0. The predicted octanol–water partition coefficient (Wildman–Crippen LogP) is 2.05. The van der Waals surface area contributed by atoms with Gasteiger partial charge < -0.3 is 19.5 Å². The number of aryl methyl sites for hydroxylation is 1. The van der Waals surface area contributed by atoms with Gasteiger partial charge in [-0.3, -0.25) is 4.79 Å². The summed E-state index contributed by atoms with van der Waals surface area (Å²) in [6, 6.07) is 10.9. The maximum Gasteiger partial charge on any atom is 0.254 e. The third kappa shape index (κ3) is 4.09. The highest BCUT2D eigenvalue weighted by atomic mass is 16.5. The molecule has 0 radical (unpaired) electrons. The van der Waals surface area contributed by atoms with Gasteiger partial charge >= 0.3 is 0 Å². The standard InChI is InChI=1S/C19H22N2O4/c1-14-4-3-5-16(10-14)25-13-19(23)7-9-21(12-19)18(22)15-6-8-20-17(11-15)24-2/h3-6,8,10-11,23H,7,9,12-13H2,1-2H3/t19-/m1/s1. The third-order valence-corrected chi connectivity index (χ3v) is 4.31. The molecule has 0 bridgehead atoms. The Labute approximate surface area is 147 Å². The van der Waals surface area contributed by atoms with E-state index >= 15 is 0 Å². The van der Waals surface area contributed by atoms with Crippen LogP contribution in [0.4, 0.5) is 0 Å². The first-order valence-corrected chi connectivity index (χ1v) is 8.20. The maximum atomic E-state index is 12.6. The van der Waals surface area contributed by atoms with E-state index in [1.807, 2.05) is 31.2 Å². The fourth-order valence-electron chi connectivity index (χ4n) is 2.91. The summed E-state index contributed by atoms with van der Waals surface area (Å²) in [5.74, 6) is 0.965. The fraction of sp³-hybridized carbons (Fsp3) is 0.368. The lowest BCUT2D eigenvalue weighted by Gasteiger charge is -2.23. The van der Waals surface area contributed by atoms with Gasteiger partial charge in [0.1, 0.15) is 18.0 Å². The molecule has 1 amide bonds. The average molecular weight is 342 g/mol. The van der Waals surface area contributed by atoms with E-state index in [9.17, 15) is 9.90 Å². The van der Waals surface area contributed by atoms with Crippen molar-refractivity contribution in [1.82, 2.24) is 9.88 Å². The van der Waals surface area contributed by atoms with Gasteiger partial charge in [0.15, 0.2) is 0 Å². The number of aliphatic hydroxyl groups is 1. The molecule has 0 spiro atoms. The molecule has 1 atom stereocenters. The molecular weight excluding hydrogens is 320 g/mol. The van der Waals surface area contributed by atoms with E-state index in [2.05, 4.69) is 4.98 Å². The van der Waals surface area contributed by atoms with E-state index in [-0.39, 0.29) is 19.1 Å². The van der Waals surface area contributed by atoms with Crippen LogP contribution in [0.2, 0.25) is 0 Å². The highest BCUT2D eigenvalue weighted by Crippen LogP contribution is 2.25. The van der Waals surface area contributed by atoms with Crippen molar-refractivity contribution in [2.45, 2.75) is 18.9 Å². The highest BCUT2D eigenvalue weighted by molar-refractivity contribution is 5.94. The third-order valence-electron chi connectivity index (χ3n) is 4.31. The predicted molar refractivity (Wildman–Crippen MR) is 92.9 cm³/mol. The number of β-amino-alcohol motifs (C(OH)–C–C–N with tert-alkyl or cyclic N) is 1. The van der Waals surface area contributed by atoms with E-state index in [0.29, 0.717) is 24.4 Å². The topological polar surface area (TPSA) is 71.9 Å². The molecule has 2 aromatic rings. The van der Waals surface area contributed by atoms with Crippen LogP contribution >= 0.6 is 0 Å². The van der Waals surface area contributed by atoms with Gasteiger partial charge in [-0.15, -0.1) is 0 Å². The van der Waals surface area contributed by atoms with Crippen LogP contribution in [0.25, 0.3) is 0 Å². The number of hydrogen-bond donors (Lipinski definition) is 1. The summed E-state index contributed by atoms with van der Waals surface area (Å²) in [6.45, 7) is 2.86. The van der Waals surface area contributed by atoms with Crippen molar-refractivity contribution in [2.75, 3.05) is 26.8 Å². The van der Waals surface area contributed by atoms with E-state index in [1.165, 1.54) is 13.3 Å². The van der Waals surface area contributed by atoms with Crippen molar-refractivity contribution >= 4 is 5.91 Å². The van der Waals surface area contributed by atoms with E-state index < -0.39 is 5.60 Å². The lowest BCUT2D eigenvalue weighted by atomic mass is 10.1. The van der Waals surface area contributed by atoms with Crippen LogP contribution in [0, 0.1) is 6.92 Å². The number of hydrogen-bond acceptors (Lipinski definition) is 5. The molecule has 6 heteroatoms. The van der Waals surface area contributed by atoms with Crippen LogP contribution in [0.15, 0.2) is 42.6 Å². The largest absolute Gasteiger partial charge is 0.491 e. The Morgan fingerprint density at radius 3 is 2.96 bits per heavy atom. The molecule has 0 unspecified atom stereocenters. The van der Waals surface area contributed by atoms with Gasteiger partial charge in [0.05, 0.1) is 13.7 Å². The molecule has 1 aliphatic rings. The lowest BCUT2D eigenvalue weighted by molar-refractivity contribution is 0.00429. The van der Waals surface area contributed by atoms with Gasteiger partial charge in [0, 0.05) is 24.4 Å². The summed E-state index contributed by atoms with van der Waals surface area (Å²) in [5, 5.41) is 10.7. The normalized spacial score (nSPS) is 19.7. The van der Waals surface area contributed by atoms with E-state index in [4.69, 9.17) is 9.47 Å². The van der Waals surface area contributed by atoms with Crippen LogP contribution in [-0.2, 0) is 0 Å². The molecule has 1 fully saturated rings. The number of amides is 1. The molecule has 2 heterocycles. The minimum Gasteiger partial charge on any atom is -0.491 e. The van der Waals surface area contributed by atoms with Crippen LogP contribution in [0.1, 0.15) is 22.3 Å². The quantitative estimate of drug-likeness (QED) is 0.900.